The van der Waals surface area contributed by atoms with Crippen molar-refractivity contribution < 1.29 is 22.7 Å². The van der Waals surface area contributed by atoms with Gasteiger partial charge < -0.3 is 10.1 Å². The van der Waals surface area contributed by atoms with Crippen molar-refractivity contribution in [3.8, 4) is 5.75 Å². The predicted octanol–water partition coefficient (Wildman–Crippen LogP) is 3.52. The fourth-order valence-corrected chi connectivity index (χ4v) is 2.86. The molecule has 3 rings (SSSR count). The van der Waals surface area contributed by atoms with E-state index >= 15 is 0 Å². The maximum atomic E-state index is 12.7. The third kappa shape index (κ3) is 3.30. The molecule has 1 fully saturated rings. The van der Waals surface area contributed by atoms with Crippen LogP contribution in [0.4, 0.5) is 13.2 Å². The molecule has 1 aromatic heterocycles. The Morgan fingerprint density at radius 1 is 1.36 bits per heavy atom. The monoisotopic (exact) mass is 373 g/mol. The molecular formula is C16H15ClF3N3O2. The van der Waals surface area contributed by atoms with Crippen molar-refractivity contribution in [2.24, 2.45) is 7.05 Å². The van der Waals surface area contributed by atoms with E-state index in [0.29, 0.717) is 23.6 Å². The summed E-state index contributed by atoms with van der Waals surface area (Å²) in [5, 5.41) is 6.61. The van der Waals surface area contributed by atoms with Gasteiger partial charge >= 0.3 is 6.18 Å². The first-order valence-electron chi connectivity index (χ1n) is 7.44. The molecule has 1 amide bonds. The Kier molecular flexibility index (Phi) is 4.18. The maximum absolute atomic E-state index is 12.7. The molecule has 0 spiro atoms. The summed E-state index contributed by atoms with van der Waals surface area (Å²) in [6.07, 6.45) is -3.25. The first-order valence-corrected chi connectivity index (χ1v) is 7.82. The van der Waals surface area contributed by atoms with Gasteiger partial charge in [0.2, 0.25) is 0 Å². The van der Waals surface area contributed by atoms with E-state index < -0.39 is 23.3 Å². The zero-order chi connectivity index (χ0) is 18.4. The minimum Gasteiger partial charge on any atom is -0.495 e. The number of hydrogen-bond acceptors (Lipinski definition) is 3. The summed E-state index contributed by atoms with van der Waals surface area (Å²) in [6.45, 7) is 0. The first-order chi connectivity index (χ1) is 11.7. The van der Waals surface area contributed by atoms with Gasteiger partial charge in [-0.2, -0.15) is 18.3 Å². The van der Waals surface area contributed by atoms with Crippen LogP contribution in [0.15, 0.2) is 24.3 Å². The maximum Gasteiger partial charge on any atom is 0.435 e. The van der Waals surface area contributed by atoms with Crippen molar-refractivity contribution in [3.05, 3.63) is 46.2 Å². The van der Waals surface area contributed by atoms with Gasteiger partial charge in [0.25, 0.3) is 5.91 Å². The molecule has 5 nitrogen and oxygen atoms in total. The Bertz CT molecular complexity index is 829. The molecular weight excluding hydrogens is 359 g/mol. The molecule has 25 heavy (non-hydrogen) atoms. The van der Waals surface area contributed by atoms with E-state index in [1.165, 1.54) is 14.2 Å². The third-order valence-corrected chi connectivity index (χ3v) is 4.52. The molecule has 1 heterocycles. The van der Waals surface area contributed by atoms with E-state index in [2.05, 4.69) is 10.4 Å². The highest BCUT2D eigenvalue weighted by molar-refractivity contribution is 6.32. The van der Waals surface area contributed by atoms with Crippen LogP contribution < -0.4 is 10.1 Å². The Balaban J connectivity index is 1.85. The molecule has 2 aromatic rings. The van der Waals surface area contributed by atoms with Gasteiger partial charge in [-0.05, 0) is 30.5 Å². The summed E-state index contributed by atoms with van der Waals surface area (Å²) in [6, 6.07) is 5.89. The van der Waals surface area contributed by atoms with Crippen molar-refractivity contribution in [1.82, 2.24) is 15.1 Å². The topological polar surface area (TPSA) is 56.1 Å². The van der Waals surface area contributed by atoms with Crippen LogP contribution in [0.1, 0.15) is 34.6 Å². The second-order valence-corrected chi connectivity index (χ2v) is 6.33. The summed E-state index contributed by atoms with van der Waals surface area (Å²) < 4.78 is 44.3. The Morgan fingerprint density at radius 3 is 2.56 bits per heavy atom. The number of amides is 1. The van der Waals surface area contributed by atoms with E-state index in [9.17, 15) is 18.0 Å². The van der Waals surface area contributed by atoms with Gasteiger partial charge in [0.15, 0.2) is 5.69 Å². The summed E-state index contributed by atoms with van der Waals surface area (Å²) in [7, 11) is 2.78. The van der Waals surface area contributed by atoms with Crippen molar-refractivity contribution in [1.29, 1.82) is 0 Å². The third-order valence-electron chi connectivity index (χ3n) is 4.21. The number of nitrogens with one attached hydrogen (secondary N) is 1. The van der Waals surface area contributed by atoms with Crippen LogP contribution in [-0.4, -0.2) is 22.8 Å². The molecule has 1 aromatic carbocycles. The second-order valence-electron chi connectivity index (χ2n) is 5.92. The molecule has 0 saturated heterocycles. The van der Waals surface area contributed by atoms with Crippen molar-refractivity contribution in [2.45, 2.75) is 24.6 Å². The van der Waals surface area contributed by atoms with Crippen LogP contribution >= 0.6 is 11.6 Å². The van der Waals surface area contributed by atoms with Crippen LogP contribution in [0, 0.1) is 0 Å². The lowest BCUT2D eigenvalue weighted by atomic mass is 10.0. The number of aryl methyl sites for hydroxylation is 1. The lowest BCUT2D eigenvalue weighted by Gasteiger charge is -2.19. The van der Waals surface area contributed by atoms with Crippen molar-refractivity contribution in [2.75, 3.05) is 7.11 Å². The SMILES string of the molecule is COc1cc(C2(NC(=O)c3cc(C(F)(F)F)nn3C)CC2)ccc1Cl. The number of nitrogens with zero attached hydrogens (tertiary/aromatic N) is 2. The summed E-state index contributed by atoms with van der Waals surface area (Å²) in [5.74, 6) is -0.142. The van der Waals surface area contributed by atoms with Gasteiger partial charge in [-0.25, -0.2) is 0 Å². The first kappa shape index (κ1) is 17.6. The number of methoxy groups -OCH3 is 1. The second kappa shape index (κ2) is 5.94. The van der Waals surface area contributed by atoms with Crippen LogP contribution in [0.3, 0.4) is 0 Å². The minimum atomic E-state index is -4.60. The number of benzene rings is 1. The van der Waals surface area contributed by atoms with Gasteiger partial charge in [-0.1, -0.05) is 17.7 Å². The number of alkyl halides is 3. The lowest BCUT2D eigenvalue weighted by molar-refractivity contribution is -0.141. The van der Waals surface area contributed by atoms with Crippen LogP contribution in [0.2, 0.25) is 5.02 Å². The van der Waals surface area contributed by atoms with E-state index in [-0.39, 0.29) is 5.69 Å². The molecule has 134 valence electrons. The summed E-state index contributed by atoms with van der Waals surface area (Å²) >= 11 is 6.00. The molecule has 1 saturated carbocycles. The number of carbonyl (C=O) groups is 1. The smallest absolute Gasteiger partial charge is 0.435 e. The molecule has 1 aliphatic rings. The molecule has 1 aliphatic carbocycles. The molecule has 0 unspecified atom stereocenters. The van der Waals surface area contributed by atoms with Crippen molar-refractivity contribution in [3.63, 3.8) is 0 Å². The predicted molar refractivity (Wildman–Crippen MR) is 84.6 cm³/mol. The standard InChI is InChI=1S/C16H15ClF3N3O2/c1-23-11(8-13(22-23)16(18,19)20)14(24)21-15(5-6-15)9-3-4-10(17)12(7-9)25-2/h3-4,7-8H,5-6H2,1-2H3,(H,21,24). The number of rotatable bonds is 4. The van der Waals surface area contributed by atoms with E-state index in [1.54, 1.807) is 18.2 Å². The normalized spacial score (nSPS) is 15.8. The van der Waals surface area contributed by atoms with Gasteiger partial charge in [-0.3, -0.25) is 9.48 Å². The zero-order valence-electron chi connectivity index (χ0n) is 13.4. The zero-order valence-corrected chi connectivity index (χ0v) is 14.2. The van der Waals surface area contributed by atoms with Crippen LogP contribution in [0.25, 0.3) is 0 Å². The molecule has 0 bridgehead atoms. The van der Waals surface area contributed by atoms with Crippen LogP contribution in [-0.2, 0) is 18.8 Å². The van der Waals surface area contributed by atoms with Gasteiger partial charge in [0.05, 0.1) is 17.7 Å². The van der Waals surface area contributed by atoms with Crippen molar-refractivity contribution >= 4 is 17.5 Å². The summed E-state index contributed by atoms with van der Waals surface area (Å²) in [4.78, 5) is 12.5. The lowest BCUT2D eigenvalue weighted by Crippen LogP contribution is -2.35. The van der Waals surface area contributed by atoms with Crippen LogP contribution in [0.5, 0.6) is 5.75 Å². The Morgan fingerprint density at radius 2 is 2.04 bits per heavy atom. The van der Waals surface area contributed by atoms with Gasteiger partial charge in [-0.15, -0.1) is 0 Å². The fourth-order valence-electron chi connectivity index (χ4n) is 2.67. The highest BCUT2D eigenvalue weighted by Gasteiger charge is 2.46. The molecule has 0 atom stereocenters. The van der Waals surface area contributed by atoms with Gasteiger partial charge in [0.1, 0.15) is 11.4 Å². The number of halogens is 4. The van der Waals surface area contributed by atoms with Gasteiger partial charge in [0, 0.05) is 13.1 Å². The minimum absolute atomic E-state index is 0.153. The largest absolute Gasteiger partial charge is 0.495 e. The summed E-state index contributed by atoms with van der Waals surface area (Å²) in [5.41, 5.74) is -1.09. The van der Waals surface area contributed by atoms with E-state index in [0.717, 1.165) is 16.3 Å². The Hall–Kier alpha value is -2.22. The highest BCUT2D eigenvalue weighted by Crippen LogP contribution is 2.47. The highest BCUT2D eigenvalue weighted by atomic mass is 35.5. The number of aromatic nitrogens is 2. The average molecular weight is 374 g/mol. The molecule has 1 N–H and O–H groups in total. The number of ether oxygens (including phenoxy) is 1. The molecule has 9 heteroatoms. The average Bonchev–Trinajstić information content (AvgIpc) is 3.19. The number of hydrogen-bond donors (Lipinski definition) is 1. The molecule has 0 radical (unpaired) electrons. The quantitative estimate of drug-likeness (QED) is 0.892. The molecule has 0 aliphatic heterocycles. The van der Waals surface area contributed by atoms with E-state index in [4.69, 9.17) is 16.3 Å². The van der Waals surface area contributed by atoms with E-state index in [1.807, 2.05) is 0 Å². The number of carbonyl (C=O) groups excluding carboxylic acids is 1. The fraction of sp³-hybridized carbons (Fsp3) is 0.375. The Labute approximate surface area is 146 Å².